The first-order chi connectivity index (χ1) is 8.03. The van der Waals surface area contributed by atoms with Crippen molar-refractivity contribution in [1.29, 1.82) is 0 Å². The van der Waals surface area contributed by atoms with Crippen LogP contribution in [0.3, 0.4) is 0 Å². The van der Waals surface area contributed by atoms with E-state index in [0.717, 1.165) is 11.0 Å². The quantitative estimate of drug-likeness (QED) is 0.814. The Bertz CT molecular complexity index is 401. The molecule has 2 rings (SSSR count). The Balaban J connectivity index is 2.19. The average Bonchev–Trinajstić information content (AvgIpc) is 2.30. The van der Waals surface area contributed by atoms with Gasteiger partial charge in [-0.1, -0.05) is 43.6 Å². The van der Waals surface area contributed by atoms with Gasteiger partial charge < -0.3 is 15.0 Å². The SMILES string of the molecule is CC1(C)COB(c2cccc(CN)c2Cl)OC1. The van der Waals surface area contributed by atoms with Crippen LogP contribution in [0.5, 0.6) is 0 Å². The van der Waals surface area contributed by atoms with Crippen molar-refractivity contribution in [2.45, 2.75) is 20.4 Å². The molecular formula is C12H17BClNO2. The monoisotopic (exact) mass is 253 g/mol. The van der Waals surface area contributed by atoms with E-state index in [1.807, 2.05) is 18.2 Å². The predicted molar refractivity (Wildman–Crippen MR) is 70.4 cm³/mol. The molecule has 0 bridgehead atoms. The van der Waals surface area contributed by atoms with Crippen molar-refractivity contribution in [2.75, 3.05) is 13.2 Å². The Labute approximate surface area is 107 Å². The van der Waals surface area contributed by atoms with Gasteiger partial charge in [0.1, 0.15) is 0 Å². The van der Waals surface area contributed by atoms with Gasteiger partial charge in [-0.15, -0.1) is 0 Å². The molecule has 2 N–H and O–H groups in total. The van der Waals surface area contributed by atoms with Gasteiger partial charge in [-0.05, 0) is 5.56 Å². The van der Waals surface area contributed by atoms with Crippen LogP contribution in [0.15, 0.2) is 18.2 Å². The van der Waals surface area contributed by atoms with Crippen LogP contribution < -0.4 is 11.2 Å². The lowest BCUT2D eigenvalue weighted by Gasteiger charge is -2.33. The molecule has 0 radical (unpaired) electrons. The van der Waals surface area contributed by atoms with Crippen LogP contribution in [0.25, 0.3) is 0 Å². The van der Waals surface area contributed by atoms with Gasteiger partial charge in [-0.25, -0.2) is 0 Å². The zero-order valence-corrected chi connectivity index (χ0v) is 11.0. The van der Waals surface area contributed by atoms with Gasteiger partial charge in [0.05, 0.1) is 0 Å². The molecule has 3 nitrogen and oxygen atoms in total. The van der Waals surface area contributed by atoms with Crippen molar-refractivity contribution < 1.29 is 9.31 Å². The maximum Gasteiger partial charge on any atom is 0.495 e. The van der Waals surface area contributed by atoms with Crippen LogP contribution in [0.1, 0.15) is 19.4 Å². The van der Waals surface area contributed by atoms with E-state index in [0.29, 0.717) is 24.8 Å². The lowest BCUT2D eigenvalue weighted by Crippen LogP contribution is -2.47. The van der Waals surface area contributed by atoms with Crippen LogP contribution in [0.2, 0.25) is 5.02 Å². The highest BCUT2D eigenvalue weighted by Crippen LogP contribution is 2.23. The molecule has 1 aromatic carbocycles. The highest BCUT2D eigenvalue weighted by Gasteiger charge is 2.34. The zero-order chi connectivity index (χ0) is 12.5. The normalized spacial score (nSPS) is 19.4. The van der Waals surface area contributed by atoms with E-state index in [1.54, 1.807) is 0 Å². The highest BCUT2D eigenvalue weighted by atomic mass is 35.5. The van der Waals surface area contributed by atoms with Crippen LogP contribution in [0, 0.1) is 5.41 Å². The number of hydrogen-bond acceptors (Lipinski definition) is 3. The molecule has 0 amide bonds. The largest absolute Gasteiger partial charge is 0.495 e. The second-order valence-electron chi connectivity index (χ2n) is 5.14. The summed E-state index contributed by atoms with van der Waals surface area (Å²) in [6.45, 7) is 5.98. The van der Waals surface area contributed by atoms with E-state index in [2.05, 4.69) is 13.8 Å². The summed E-state index contributed by atoms with van der Waals surface area (Å²) in [5.74, 6) is 0. The maximum absolute atomic E-state index is 6.27. The molecule has 5 heteroatoms. The predicted octanol–water partition coefficient (Wildman–Crippen LogP) is 1.57. The molecule has 1 aliphatic heterocycles. The minimum absolute atomic E-state index is 0.0639. The fourth-order valence-corrected chi connectivity index (χ4v) is 2.10. The van der Waals surface area contributed by atoms with Gasteiger partial charge >= 0.3 is 7.12 Å². The van der Waals surface area contributed by atoms with E-state index < -0.39 is 0 Å². The van der Waals surface area contributed by atoms with Gasteiger partial charge in [0.2, 0.25) is 0 Å². The Morgan fingerprint density at radius 3 is 2.59 bits per heavy atom. The molecule has 1 heterocycles. The molecule has 1 fully saturated rings. The van der Waals surface area contributed by atoms with Crippen LogP contribution >= 0.6 is 11.6 Å². The highest BCUT2D eigenvalue weighted by molar-refractivity contribution is 6.65. The lowest BCUT2D eigenvalue weighted by atomic mass is 9.75. The van der Waals surface area contributed by atoms with Crippen LogP contribution in [-0.2, 0) is 15.9 Å². The number of halogens is 1. The summed E-state index contributed by atoms with van der Waals surface area (Å²) in [5.41, 5.74) is 7.47. The standard InChI is InChI=1S/C12H17BClNO2/c1-12(2)7-16-13(17-8-12)10-5-3-4-9(6-15)11(10)14/h3-5H,6-8,15H2,1-2H3. The third-order valence-corrected chi connectivity index (χ3v) is 3.29. The zero-order valence-electron chi connectivity index (χ0n) is 10.2. The Hall–Kier alpha value is -0.545. The molecule has 1 aromatic rings. The summed E-state index contributed by atoms with van der Waals surface area (Å²) in [6, 6.07) is 5.76. The Morgan fingerprint density at radius 1 is 1.35 bits per heavy atom. The molecule has 1 saturated heterocycles. The summed E-state index contributed by atoms with van der Waals surface area (Å²) >= 11 is 6.27. The molecule has 0 atom stereocenters. The van der Waals surface area contributed by atoms with Crippen molar-refractivity contribution in [3.8, 4) is 0 Å². The summed E-state index contributed by atoms with van der Waals surface area (Å²) in [4.78, 5) is 0. The summed E-state index contributed by atoms with van der Waals surface area (Å²) in [5, 5.41) is 0.653. The van der Waals surface area contributed by atoms with E-state index in [1.165, 1.54) is 0 Å². The van der Waals surface area contributed by atoms with Crippen LogP contribution in [0.4, 0.5) is 0 Å². The van der Waals surface area contributed by atoms with E-state index in [4.69, 9.17) is 26.6 Å². The molecule has 92 valence electrons. The Morgan fingerprint density at radius 2 is 2.00 bits per heavy atom. The first-order valence-corrected chi connectivity index (χ1v) is 6.12. The van der Waals surface area contributed by atoms with Crippen molar-refractivity contribution in [3.05, 3.63) is 28.8 Å². The van der Waals surface area contributed by atoms with Gasteiger partial charge in [0, 0.05) is 35.7 Å². The van der Waals surface area contributed by atoms with Crippen molar-refractivity contribution >= 4 is 24.2 Å². The second kappa shape index (κ2) is 4.98. The average molecular weight is 254 g/mol. The molecule has 0 spiro atoms. The van der Waals surface area contributed by atoms with Gasteiger partial charge in [0.15, 0.2) is 0 Å². The van der Waals surface area contributed by atoms with Crippen molar-refractivity contribution in [1.82, 2.24) is 0 Å². The molecular weight excluding hydrogens is 236 g/mol. The first kappa shape index (κ1) is 12.9. The number of benzene rings is 1. The van der Waals surface area contributed by atoms with E-state index in [9.17, 15) is 0 Å². The molecule has 1 aliphatic rings. The number of nitrogens with two attached hydrogens (primary N) is 1. The third kappa shape index (κ3) is 2.83. The van der Waals surface area contributed by atoms with Gasteiger partial charge in [-0.3, -0.25) is 0 Å². The third-order valence-electron chi connectivity index (χ3n) is 2.83. The van der Waals surface area contributed by atoms with Gasteiger partial charge in [-0.2, -0.15) is 0 Å². The fraction of sp³-hybridized carbons (Fsp3) is 0.500. The maximum atomic E-state index is 6.27. The number of rotatable bonds is 2. The van der Waals surface area contributed by atoms with Crippen LogP contribution in [-0.4, -0.2) is 20.3 Å². The van der Waals surface area contributed by atoms with E-state index >= 15 is 0 Å². The molecule has 0 unspecified atom stereocenters. The molecule has 17 heavy (non-hydrogen) atoms. The molecule has 0 aliphatic carbocycles. The smallest absolute Gasteiger partial charge is 0.407 e. The molecule has 0 saturated carbocycles. The van der Waals surface area contributed by atoms with E-state index in [-0.39, 0.29) is 12.5 Å². The minimum atomic E-state index is -0.373. The van der Waals surface area contributed by atoms with Crippen molar-refractivity contribution in [2.24, 2.45) is 11.1 Å². The lowest BCUT2D eigenvalue weighted by molar-refractivity contribution is 0.0343. The summed E-state index contributed by atoms with van der Waals surface area (Å²) in [7, 11) is -0.373. The molecule has 0 aromatic heterocycles. The minimum Gasteiger partial charge on any atom is -0.407 e. The second-order valence-corrected chi connectivity index (χ2v) is 5.52. The summed E-state index contributed by atoms with van der Waals surface area (Å²) < 4.78 is 11.4. The fourth-order valence-electron chi connectivity index (χ4n) is 1.81. The first-order valence-electron chi connectivity index (χ1n) is 5.74. The Kier molecular flexibility index (Phi) is 3.78. The summed E-state index contributed by atoms with van der Waals surface area (Å²) in [6.07, 6.45) is 0. The van der Waals surface area contributed by atoms with Crippen molar-refractivity contribution in [3.63, 3.8) is 0 Å². The topological polar surface area (TPSA) is 44.5 Å². The van der Waals surface area contributed by atoms with Gasteiger partial charge in [0.25, 0.3) is 0 Å². The number of hydrogen-bond donors (Lipinski definition) is 1.